The van der Waals surface area contributed by atoms with Crippen LogP contribution in [0.1, 0.15) is 37.3 Å². The third-order valence-corrected chi connectivity index (χ3v) is 4.27. The summed E-state index contributed by atoms with van der Waals surface area (Å²) in [4.78, 5) is 0. The SMILES string of the molecule is CCNC[C@H]1CC[C@H](Oc2ccc3c(c2)C=CNC3)C1. The molecule has 1 aromatic carbocycles. The van der Waals surface area contributed by atoms with E-state index in [4.69, 9.17) is 4.74 Å². The van der Waals surface area contributed by atoms with Crippen LogP contribution in [0, 0.1) is 5.92 Å². The molecule has 1 aliphatic heterocycles. The van der Waals surface area contributed by atoms with Crippen LogP contribution in [0.4, 0.5) is 0 Å². The standard InChI is InChI=1S/C17H24N2O/c1-2-18-11-13-3-5-16(9-13)20-17-6-4-15-12-19-8-7-14(15)10-17/h4,6-8,10,13,16,18-19H,2-3,5,9,11-12H2,1H3/t13-,16-/m0/s1. The molecule has 1 aromatic rings. The van der Waals surface area contributed by atoms with E-state index in [1.807, 2.05) is 6.20 Å². The lowest BCUT2D eigenvalue weighted by Gasteiger charge is -2.17. The molecule has 0 saturated heterocycles. The third kappa shape index (κ3) is 3.15. The Hall–Kier alpha value is -1.48. The highest BCUT2D eigenvalue weighted by molar-refractivity contribution is 5.57. The van der Waals surface area contributed by atoms with E-state index in [0.29, 0.717) is 6.10 Å². The smallest absolute Gasteiger partial charge is 0.120 e. The first-order chi connectivity index (χ1) is 9.85. The van der Waals surface area contributed by atoms with Crippen molar-refractivity contribution < 1.29 is 4.74 Å². The Labute approximate surface area is 121 Å². The summed E-state index contributed by atoms with van der Waals surface area (Å²) in [6.45, 7) is 5.28. The molecule has 1 aliphatic carbocycles. The first-order valence-corrected chi connectivity index (χ1v) is 7.75. The van der Waals surface area contributed by atoms with Gasteiger partial charge in [-0.05, 0) is 73.8 Å². The van der Waals surface area contributed by atoms with Gasteiger partial charge in [-0.3, -0.25) is 0 Å². The van der Waals surface area contributed by atoms with E-state index in [0.717, 1.165) is 31.3 Å². The van der Waals surface area contributed by atoms with Crippen LogP contribution in [-0.4, -0.2) is 19.2 Å². The summed E-state index contributed by atoms with van der Waals surface area (Å²) in [6, 6.07) is 6.45. The van der Waals surface area contributed by atoms with E-state index in [1.165, 1.54) is 30.4 Å². The van der Waals surface area contributed by atoms with Gasteiger partial charge in [0.25, 0.3) is 0 Å². The molecule has 0 aromatic heterocycles. The summed E-state index contributed by atoms with van der Waals surface area (Å²) >= 11 is 0. The quantitative estimate of drug-likeness (QED) is 0.864. The van der Waals surface area contributed by atoms with Crippen LogP contribution in [0.15, 0.2) is 24.4 Å². The molecule has 3 nitrogen and oxygen atoms in total. The van der Waals surface area contributed by atoms with Crippen LogP contribution in [0.5, 0.6) is 5.75 Å². The van der Waals surface area contributed by atoms with E-state index in [-0.39, 0.29) is 0 Å². The Morgan fingerprint density at radius 1 is 1.35 bits per heavy atom. The number of rotatable bonds is 5. The molecule has 1 fully saturated rings. The van der Waals surface area contributed by atoms with Gasteiger partial charge in [0.2, 0.25) is 0 Å². The Morgan fingerprint density at radius 2 is 2.30 bits per heavy atom. The van der Waals surface area contributed by atoms with Gasteiger partial charge in [-0.2, -0.15) is 0 Å². The van der Waals surface area contributed by atoms with Crippen LogP contribution in [0.3, 0.4) is 0 Å². The fraction of sp³-hybridized carbons (Fsp3) is 0.529. The normalized spacial score (nSPS) is 24.2. The number of benzene rings is 1. The number of hydrogen-bond acceptors (Lipinski definition) is 3. The predicted octanol–water partition coefficient (Wildman–Crippen LogP) is 2.92. The van der Waals surface area contributed by atoms with Gasteiger partial charge in [-0.1, -0.05) is 13.0 Å². The van der Waals surface area contributed by atoms with E-state index in [2.05, 4.69) is 41.8 Å². The topological polar surface area (TPSA) is 33.3 Å². The van der Waals surface area contributed by atoms with Crippen molar-refractivity contribution in [2.24, 2.45) is 5.92 Å². The van der Waals surface area contributed by atoms with Crippen LogP contribution < -0.4 is 15.4 Å². The molecule has 2 atom stereocenters. The second kappa shape index (κ2) is 6.31. The molecular weight excluding hydrogens is 248 g/mol. The van der Waals surface area contributed by atoms with Crippen molar-refractivity contribution in [2.45, 2.75) is 38.8 Å². The minimum absolute atomic E-state index is 0.391. The summed E-state index contributed by atoms with van der Waals surface area (Å²) in [5, 5.41) is 6.67. The largest absolute Gasteiger partial charge is 0.490 e. The lowest BCUT2D eigenvalue weighted by molar-refractivity contribution is 0.204. The van der Waals surface area contributed by atoms with Gasteiger partial charge in [-0.25, -0.2) is 0 Å². The molecule has 0 spiro atoms. The monoisotopic (exact) mass is 272 g/mol. The van der Waals surface area contributed by atoms with Crippen molar-refractivity contribution in [1.82, 2.24) is 10.6 Å². The van der Waals surface area contributed by atoms with Gasteiger partial charge in [0.15, 0.2) is 0 Å². The van der Waals surface area contributed by atoms with Crippen molar-refractivity contribution in [2.75, 3.05) is 13.1 Å². The van der Waals surface area contributed by atoms with Crippen molar-refractivity contribution in [1.29, 1.82) is 0 Å². The molecule has 3 rings (SSSR count). The molecule has 1 heterocycles. The summed E-state index contributed by atoms with van der Waals surface area (Å²) in [5.74, 6) is 1.80. The number of fused-ring (bicyclic) bond motifs is 1. The summed E-state index contributed by atoms with van der Waals surface area (Å²) in [6.07, 6.45) is 8.17. The second-order valence-corrected chi connectivity index (χ2v) is 5.80. The zero-order valence-corrected chi connectivity index (χ0v) is 12.2. The summed E-state index contributed by atoms with van der Waals surface area (Å²) in [5.41, 5.74) is 2.62. The maximum Gasteiger partial charge on any atom is 0.120 e. The van der Waals surface area contributed by atoms with Gasteiger partial charge in [0, 0.05) is 6.54 Å². The second-order valence-electron chi connectivity index (χ2n) is 5.80. The molecule has 3 heteroatoms. The Bertz CT molecular complexity index is 484. The Kier molecular flexibility index (Phi) is 4.26. The predicted molar refractivity (Wildman–Crippen MR) is 82.6 cm³/mol. The van der Waals surface area contributed by atoms with E-state index in [1.54, 1.807) is 0 Å². The molecule has 2 aliphatic rings. The summed E-state index contributed by atoms with van der Waals surface area (Å²) in [7, 11) is 0. The van der Waals surface area contributed by atoms with Crippen molar-refractivity contribution in [3.63, 3.8) is 0 Å². The highest BCUT2D eigenvalue weighted by Gasteiger charge is 2.25. The first kappa shape index (κ1) is 13.5. The lowest BCUT2D eigenvalue weighted by Crippen LogP contribution is -2.22. The van der Waals surface area contributed by atoms with E-state index < -0.39 is 0 Å². The lowest BCUT2D eigenvalue weighted by atomic mass is 10.0. The van der Waals surface area contributed by atoms with Crippen LogP contribution >= 0.6 is 0 Å². The zero-order chi connectivity index (χ0) is 13.8. The maximum absolute atomic E-state index is 6.17. The minimum Gasteiger partial charge on any atom is -0.490 e. The number of ether oxygens (including phenoxy) is 1. The van der Waals surface area contributed by atoms with E-state index >= 15 is 0 Å². The van der Waals surface area contributed by atoms with Gasteiger partial charge >= 0.3 is 0 Å². The fourth-order valence-electron chi connectivity index (χ4n) is 3.14. The average molecular weight is 272 g/mol. The molecule has 20 heavy (non-hydrogen) atoms. The first-order valence-electron chi connectivity index (χ1n) is 7.75. The van der Waals surface area contributed by atoms with Crippen LogP contribution in [-0.2, 0) is 6.54 Å². The van der Waals surface area contributed by atoms with Crippen molar-refractivity contribution >= 4 is 6.08 Å². The van der Waals surface area contributed by atoms with Gasteiger partial charge in [-0.15, -0.1) is 0 Å². The van der Waals surface area contributed by atoms with Crippen molar-refractivity contribution in [3.8, 4) is 5.75 Å². The van der Waals surface area contributed by atoms with Crippen LogP contribution in [0.25, 0.3) is 6.08 Å². The van der Waals surface area contributed by atoms with Crippen LogP contribution in [0.2, 0.25) is 0 Å². The van der Waals surface area contributed by atoms with E-state index in [9.17, 15) is 0 Å². The minimum atomic E-state index is 0.391. The van der Waals surface area contributed by atoms with Gasteiger partial charge in [0.1, 0.15) is 5.75 Å². The van der Waals surface area contributed by atoms with Gasteiger partial charge < -0.3 is 15.4 Å². The summed E-state index contributed by atoms with van der Waals surface area (Å²) < 4.78 is 6.17. The molecule has 1 saturated carbocycles. The Morgan fingerprint density at radius 3 is 3.20 bits per heavy atom. The third-order valence-electron chi connectivity index (χ3n) is 4.27. The zero-order valence-electron chi connectivity index (χ0n) is 12.2. The average Bonchev–Trinajstić information content (AvgIpc) is 2.92. The van der Waals surface area contributed by atoms with Gasteiger partial charge in [0.05, 0.1) is 6.10 Å². The van der Waals surface area contributed by atoms with Crippen molar-refractivity contribution in [3.05, 3.63) is 35.5 Å². The maximum atomic E-state index is 6.17. The molecular formula is C17H24N2O. The molecule has 0 amide bonds. The molecule has 0 bridgehead atoms. The number of nitrogens with one attached hydrogen (secondary N) is 2. The molecule has 2 N–H and O–H groups in total. The molecule has 0 radical (unpaired) electrons. The Balaban J connectivity index is 1.58. The highest BCUT2D eigenvalue weighted by atomic mass is 16.5. The highest BCUT2D eigenvalue weighted by Crippen LogP contribution is 2.30. The molecule has 108 valence electrons. The number of hydrogen-bond donors (Lipinski definition) is 2. The molecule has 0 unspecified atom stereocenters. The fourth-order valence-corrected chi connectivity index (χ4v) is 3.14.